The number of halogens is 1. The van der Waals surface area contributed by atoms with Gasteiger partial charge in [0.25, 0.3) is 5.91 Å². The number of aryl methyl sites for hydroxylation is 2. The number of amides is 1. The first kappa shape index (κ1) is 15.0. The number of nitrogens with one attached hydrogen (secondary N) is 1. The number of carbonyl (C=O) groups excluding carboxylic acids is 1. The number of hydrazine groups is 1. The van der Waals surface area contributed by atoms with Gasteiger partial charge < -0.3 is 4.74 Å². The molecule has 0 aliphatic carbocycles. The van der Waals surface area contributed by atoms with Gasteiger partial charge in [-0.2, -0.15) is 0 Å². The van der Waals surface area contributed by atoms with Gasteiger partial charge in [0, 0.05) is 14.9 Å². The van der Waals surface area contributed by atoms with Crippen LogP contribution in [0.4, 0.5) is 0 Å². The third kappa shape index (κ3) is 3.39. The Hall–Kier alpha value is -1.37. The second kappa shape index (κ2) is 6.39. The molecule has 0 radical (unpaired) electrons. The van der Waals surface area contributed by atoms with Crippen LogP contribution in [0.1, 0.15) is 25.7 Å². The maximum Gasteiger partial charge on any atom is 0.275 e. The Morgan fingerprint density at radius 3 is 2.80 bits per heavy atom. The van der Waals surface area contributed by atoms with Gasteiger partial charge in [0.05, 0.1) is 4.88 Å². The lowest BCUT2D eigenvalue weighted by atomic mass is 10.2. The summed E-state index contributed by atoms with van der Waals surface area (Å²) in [4.78, 5) is 13.1. The largest absolute Gasteiger partial charge is 0.489 e. The molecule has 106 valence electrons. The number of nitrogen functional groups attached to an aromatic ring is 1. The molecule has 0 aliphatic heterocycles. The highest BCUT2D eigenvalue weighted by Gasteiger charge is 2.12. The maximum absolute atomic E-state index is 11.5. The fourth-order valence-electron chi connectivity index (χ4n) is 1.78. The van der Waals surface area contributed by atoms with Crippen molar-refractivity contribution in [1.82, 2.24) is 5.43 Å². The highest BCUT2D eigenvalue weighted by atomic mass is 79.9. The smallest absolute Gasteiger partial charge is 0.275 e. The summed E-state index contributed by atoms with van der Waals surface area (Å²) in [5.41, 5.74) is 4.19. The molecule has 0 fully saturated rings. The zero-order valence-corrected chi connectivity index (χ0v) is 13.6. The van der Waals surface area contributed by atoms with E-state index >= 15 is 0 Å². The zero-order chi connectivity index (χ0) is 14.7. The van der Waals surface area contributed by atoms with Crippen LogP contribution in [0.25, 0.3) is 0 Å². The van der Waals surface area contributed by atoms with Crippen molar-refractivity contribution in [3.63, 3.8) is 0 Å². The summed E-state index contributed by atoms with van der Waals surface area (Å²) in [7, 11) is 0. The Morgan fingerprint density at radius 2 is 2.15 bits per heavy atom. The Labute approximate surface area is 130 Å². The predicted molar refractivity (Wildman–Crippen MR) is 83.9 cm³/mol. The maximum atomic E-state index is 11.5. The normalized spacial score (nSPS) is 10.4. The number of benzene rings is 1. The predicted octanol–water partition coefficient (Wildman–Crippen LogP) is 3.31. The van der Waals surface area contributed by atoms with Crippen LogP contribution < -0.4 is 16.0 Å². The summed E-state index contributed by atoms with van der Waals surface area (Å²) in [6.07, 6.45) is 0. The van der Waals surface area contributed by atoms with Gasteiger partial charge in [0.15, 0.2) is 0 Å². The van der Waals surface area contributed by atoms with Crippen LogP contribution in [-0.2, 0) is 6.61 Å². The molecule has 2 aromatic rings. The van der Waals surface area contributed by atoms with Crippen molar-refractivity contribution in [3.8, 4) is 5.75 Å². The Balaban J connectivity index is 2.11. The highest BCUT2D eigenvalue weighted by molar-refractivity contribution is 9.10. The fourth-order valence-corrected chi connectivity index (χ4v) is 3.18. The van der Waals surface area contributed by atoms with E-state index in [-0.39, 0.29) is 5.91 Å². The molecule has 0 saturated carbocycles. The molecule has 0 spiro atoms. The van der Waals surface area contributed by atoms with Crippen LogP contribution in [-0.4, -0.2) is 5.91 Å². The van der Waals surface area contributed by atoms with Gasteiger partial charge in [-0.1, -0.05) is 15.9 Å². The molecule has 2 rings (SSSR count). The molecule has 0 bridgehead atoms. The average molecular weight is 355 g/mol. The van der Waals surface area contributed by atoms with E-state index in [0.717, 1.165) is 26.2 Å². The summed E-state index contributed by atoms with van der Waals surface area (Å²) in [5.74, 6) is 5.70. The molecule has 0 atom stereocenters. The molecule has 4 nitrogen and oxygen atoms in total. The van der Waals surface area contributed by atoms with Gasteiger partial charge in [-0.3, -0.25) is 10.2 Å². The van der Waals surface area contributed by atoms with Crippen molar-refractivity contribution in [2.75, 3.05) is 0 Å². The summed E-state index contributed by atoms with van der Waals surface area (Å²) in [6.45, 7) is 4.39. The summed E-state index contributed by atoms with van der Waals surface area (Å²) in [6, 6.07) is 7.68. The van der Waals surface area contributed by atoms with Crippen LogP contribution in [0.3, 0.4) is 0 Å². The van der Waals surface area contributed by atoms with Crippen molar-refractivity contribution < 1.29 is 9.53 Å². The van der Waals surface area contributed by atoms with E-state index in [4.69, 9.17) is 10.6 Å². The van der Waals surface area contributed by atoms with E-state index in [1.54, 1.807) is 0 Å². The minimum Gasteiger partial charge on any atom is -0.489 e. The minimum absolute atomic E-state index is 0.274. The summed E-state index contributed by atoms with van der Waals surface area (Å²) < 4.78 is 6.83. The highest BCUT2D eigenvalue weighted by Crippen LogP contribution is 2.26. The number of nitrogens with two attached hydrogens (primary N) is 1. The Bertz CT molecular complexity index is 640. The standard InChI is InChI=1S/C14H15BrN2O2S/c1-8-5-11(15)3-4-12(8)19-7-10-6-13(14(18)17-16)20-9(10)2/h3-6H,7,16H2,1-2H3,(H,17,18). The molecule has 0 saturated heterocycles. The molecule has 1 heterocycles. The first-order valence-electron chi connectivity index (χ1n) is 6.00. The summed E-state index contributed by atoms with van der Waals surface area (Å²) in [5, 5.41) is 0. The van der Waals surface area contributed by atoms with E-state index in [9.17, 15) is 4.79 Å². The topological polar surface area (TPSA) is 64.3 Å². The third-order valence-corrected chi connectivity index (χ3v) is 4.48. The molecule has 0 unspecified atom stereocenters. The molecule has 1 amide bonds. The number of rotatable bonds is 4. The molecule has 1 aromatic carbocycles. The van der Waals surface area contributed by atoms with E-state index < -0.39 is 0 Å². The molecular formula is C14H15BrN2O2S. The second-order valence-electron chi connectivity index (χ2n) is 4.36. The lowest BCUT2D eigenvalue weighted by molar-refractivity contribution is 0.0957. The van der Waals surface area contributed by atoms with Crippen LogP contribution >= 0.6 is 27.3 Å². The SMILES string of the molecule is Cc1cc(Br)ccc1OCc1cc(C(=O)NN)sc1C. The summed E-state index contributed by atoms with van der Waals surface area (Å²) >= 11 is 4.83. The molecule has 6 heteroatoms. The van der Waals surface area contributed by atoms with E-state index in [1.807, 2.05) is 38.1 Å². The van der Waals surface area contributed by atoms with Gasteiger partial charge in [-0.25, -0.2) is 5.84 Å². The van der Waals surface area contributed by atoms with Crippen molar-refractivity contribution >= 4 is 33.2 Å². The quantitative estimate of drug-likeness (QED) is 0.502. The van der Waals surface area contributed by atoms with Crippen LogP contribution in [0.2, 0.25) is 0 Å². The van der Waals surface area contributed by atoms with Crippen molar-refractivity contribution in [1.29, 1.82) is 0 Å². The van der Waals surface area contributed by atoms with Crippen LogP contribution in [0.5, 0.6) is 5.75 Å². The monoisotopic (exact) mass is 354 g/mol. The minimum atomic E-state index is -0.274. The zero-order valence-electron chi connectivity index (χ0n) is 11.2. The number of thiophene rings is 1. The van der Waals surface area contributed by atoms with Gasteiger partial charge in [0.1, 0.15) is 12.4 Å². The molecular weight excluding hydrogens is 340 g/mol. The van der Waals surface area contributed by atoms with Crippen molar-refractivity contribution in [2.24, 2.45) is 5.84 Å². The average Bonchev–Trinajstić information content (AvgIpc) is 2.78. The van der Waals surface area contributed by atoms with Crippen molar-refractivity contribution in [2.45, 2.75) is 20.5 Å². The van der Waals surface area contributed by atoms with E-state index in [1.165, 1.54) is 11.3 Å². The third-order valence-electron chi connectivity index (χ3n) is 2.90. The lowest BCUT2D eigenvalue weighted by Crippen LogP contribution is -2.29. The Kier molecular flexibility index (Phi) is 4.80. The lowest BCUT2D eigenvalue weighted by Gasteiger charge is -2.09. The fraction of sp³-hybridized carbons (Fsp3) is 0.214. The van der Waals surface area contributed by atoms with Gasteiger partial charge >= 0.3 is 0 Å². The molecule has 20 heavy (non-hydrogen) atoms. The van der Waals surface area contributed by atoms with E-state index in [2.05, 4.69) is 21.4 Å². The number of ether oxygens (including phenoxy) is 1. The van der Waals surface area contributed by atoms with Crippen LogP contribution in [0.15, 0.2) is 28.7 Å². The molecule has 0 aliphatic rings. The van der Waals surface area contributed by atoms with Gasteiger partial charge in [-0.05, 0) is 43.7 Å². The number of carbonyl (C=O) groups is 1. The Morgan fingerprint density at radius 1 is 1.40 bits per heavy atom. The van der Waals surface area contributed by atoms with Gasteiger partial charge in [-0.15, -0.1) is 11.3 Å². The van der Waals surface area contributed by atoms with E-state index in [0.29, 0.717) is 11.5 Å². The van der Waals surface area contributed by atoms with Gasteiger partial charge in [0.2, 0.25) is 0 Å². The number of hydrogen-bond donors (Lipinski definition) is 2. The second-order valence-corrected chi connectivity index (χ2v) is 6.54. The molecule has 1 aromatic heterocycles. The van der Waals surface area contributed by atoms with Crippen molar-refractivity contribution in [3.05, 3.63) is 49.6 Å². The van der Waals surface area contributed by atoms with Crippen LogP contribution in [0, 0.1) is 13.8 Å². The molecule has 3 N–H and O–H groups in total. The number of hydrogen-bond acceptors (Lipinski definition) is 4. The first-order valence-corrected chi connectivity index (χ1v) is 7.61. The first-order chi connectivity index (χ1) is 9.51.